The molecule has 2 heterocycles. The maximum atomic E-state index is 14.2. The summed E-state index contributed by atoms with van der Waals surface area (Å²) in [4.78, 5) is 51.8. The van der Waals surface area contributed by atoms with Crippen LogP contribution in [-0.2, 0) is 36.4 Å². The van der Waals surface area contributed by atoms with Crippen LogP contribution >= 0.6 is 11.3 Å². The van der Waals surface area contributed by atoms with Crippen molar-refractivity contribution in [2.45, 2.75) is 96.4 Å². The predicted molar refractivity (Wildman–Crippen MR) is 272 cm³/mol. The molecular weight excluding hydrogens is 952 g/mol. The Morgan fingerprint density at radius 3 is 2.14 bits per heavy atom. The van der Waals surface area contributed by atoms with E-state index in [1.54, 1.807) is 57.5 Å². The Kier molecular flexibility index (Phi) is 21.0. The van der Waals surface area contributed by atoms with E-state index in [9.17, 15) is 27.6 Å². The van der Waals surface area contributed by atoms with Crippen molar-refractivity contribution < 1.29 is 51.2 Å². The van der Waals surface area contributed by atoms with E-state index in [0.29, 0.717) is 104 Å². The van der Waals surface area contributed by atoms with E-state index < -0.39 is 23.8 Å². The lowest BCUT2D eigenvalue weighted by Gasteiger charge is -2.35. The van der Waals surface area contributed by atoms with Gasteiger partial charge < -0.3 is 50.7 Å². The Balaban J connectivity index is 0.840. The van der Waals surface area contributed by atoms with E-state index in [1.807, 2.05) is 29.2 Å². The second-order valence-electron chi connectivity index (χ2n) is 18.0. The van der Waals surface area contributed by atoms with E-state index in [4.69, 9.17) is 40.1 Å². The number of halogens is 3. The van der Waals surface area contributed by atoms with Crippen LogP contribution in [0, 0.1) is 5.92 Å². The van der Waals surface area contributed by atoms with Gasteiger partial charge in [-0.1, -0.05) is 43.5 Å². The third-order valence-electron chi connectivity index (χ3n) is 12.8. The molecule has 390 valence electrons. The first kappa shape index (κ1) is 55.5. The number of ether oxygens (including phenoxy) is 5. The number of ketones is 1. The number of alkyl halides is 3. The molecule has 1 aliphatic carbocycles. The van der Waals surface area contributed by atoms with Crippen LogP contribution in [-0.4, -0.2) is 112 Å². The van der Waals surface area contributed by atoms with Gasteiger partial charge in [0.25, 0.3) is 0 Å². The molecule has 6 N–H and O–H groups in total. The van der Waals surface area contributed by atoms with E-state index in [2.05, 4.69) is 15.6 Å². The van der Waals surface area contributed by atoms with Gasteiger partial charge in [-0.15, -0.1) is 11.3 Å². The number of rotatable bonds is 26. The number of aromatic nitrogens is 1. The third kappa shape index (κ3) is 16.1. The summed E-state index contributed by atoms with van der Waals surface area (Å²) in [6.45, 7) is 8.57. The fraction of sp³-hybridized carbons (Fsp3) is 0.491. The topological polar surface area (TPSA) is 202 Å². The summed E-state index contributed by atoms with van der Waals surface area (Å²) in [5, 5.41) is 8.51. The molecule has 2 amide bonds. The number of nitrogens with one attached hydrogen (secondary N) is 2. The fourth-order valence-corrected chi connectivity index (χ4v) is 9.65. The monoisotopic (exact) mass is 1020 g/mol. The summed E-state index contributed by atoms with van der Waals surface area (Å²) in [7, 11) is 1.73. The van der Waals surface area contributed by atoms with Gasteiger partial charge in [0.05, 0.1) is 63.0 Å². The number of thiazole rings is 1. The standard InChI is InChI=1S/C53H68F3N7O8S/c1-34(57)43(35(2)60-40-17-20-45(58)44(32-40)53(54,55)56)30-37-15-18-41(19-16-37)70-28-26-68-24-22-67-23-25-69-27-29-71-42-13-8-12-39(31-42)49(64)46-33-72-51(61-46)47-14-9-21-63(47)52(66)48(38-10-6-5-7-11-38)62-50(65)36(3)59-4/h8,12-13,15-20,31-33,36,38,47-48,59H,5-7,9-11,14,21-30,57-58H2,1-4H3,(H,62,65)/t36-,47-,48-/m0/s1. The summed E-state index contributed by atoms with van der Waals surface area (Å²) in [5.74, 6) is 0.775. The Bertz CT molecular complexity index is 2470. The largest absolute Gasteiger partial charge is 0.491 e. The molecule has 15 nitrogen and oxygen atoms in total. The van der Waals surface area contributed by atoms with Gasteiger partial charge >= 0.3 is 6.18 Å². The molecular formula is C53H68F3N7O8S. The van der Waals surface area contributed by atoms with Gasteiger partial charge in [0, 0.05) is 41.0 Å². The average Bonchev–Trinajstić information content (AvgIpc) is 4.08. The molecule has 4 aromatic rings. The first-order valence-electron chi connectivity index (χ1n) is 24.6. The number of carbonyl (C=O) groups excluding carboxylic acids is 3. The van der Waals surface area contributed by atoms with E-state index in [0.717, 1.165) is 56.6 Å². The summed E-state index contributed by atoms with van der Waals surface area (Å²) in [5.41, 5.74) is 13.9. The van der Waals surface area contributed by atoms with Crippen LogP contribution in [0.2, 0.25) is 0 Å². The van der Waals surface area contributed by atoms with Crippen LogP contribution in [0.4, 0.5) is 24.5 Å². The maximum Gasteiger partial charge on any atom is 0.418 e. The van der Waals surface area contributed by atoms with E-state index in [-0.39, 0.29) is 47.5 Å². The van der Waals surface area contributed by atoms with Crippen LogP contribution < -0.4 is 31.6 Å². The minimum Gasteiger partial charge on any atom is -0.491 e. The van der Waals surface area contributed by atoms with Gasteiger partial charge in [-0.2, -0.15) is 13.2 Å². The first-order chi connectivity index (χ1) is 34.6. The maximum absolute atomic E-state index is 14.2. The molecule has 1 aromatic heterocycles. The molecule has 3 atom stereocenters. The Hall–Kier alpha value is -5.86. The third-order valence-corrected chi connectivity index (χ3v) is 13.7. The van der Waals surface area contributed by atoms with Crippen molar-refractivity contribution in [1.82, 2.24) is 20.5 Å². The number of amides is 2. The Labute approximate surface area is 423 Å². The number of aliphatic imine (C=N–C) groups is 1. The molecule has 72 heavy (non-hydrogen) atoms. The van der Waals surface area contributed by atoms with Crippen LogP contribution in [0.1, 0.15) is 104 Å². The number of allylic oxidation sites excluding steroid dienone is 2. The zero-order chi connectivity index (χ0) is 51.6. The quantitative estimate of drug-likeness (QED) is 0.0203. The first-order valence-corrected chi connectivity index (χ1v) is 25.4. The van der Waals surface area contributed by atoms with Crippen molar-refractivity contribution in [3.05, 3.63) is 111 Å². The molecule has 1 saturated carbocycles. The van der Waals surface area contributed by atoms with E-state index in [1.165, 1.54) is 23.5 Å². The number of hydrogen-bond acceptors (Lipinski definition) is 14. The molecule has 0 bridgehead atoms. The lowest BCUT2D eigenvalue weighted by molar-refractivity contribution is -0.139. The minimum atomic E-state index is -4.59. The summed E-state index contributed by atoms with van der Waals surface area (Å²) in [6.07, 6.45) is 2.43. The van der Waals surface area contributed by atoms with Crippen molar-refractivity contribution in [2.24, 2.45) is 16.6 Å². The summed E-state index contributed by atoms with van der Waals surface area (Å²) < 4.78 is 68.7. The van der Waals surface area contributed by atoms with Gasteiger partial charge in [-0.25, -0.2) is 4.98 Å². The van der Waals surface area contributed by atoms with Crippen LogP contribution in [0.3, 0.4) is 0 Å². The highest BCUT2D eigenvalue weighted by Gasteiger charge is 2.40. The van der Waals surface area contributed by atoms with Crippen molar-refractivity contribution in [3.8, 4) is 11.5 Å². The van der Waals surface area contributed by atoms with Gasteiger partial charge in [0.1, 0.15) is 41.5 Å². The highest BCUT2D eigenvalue weighted by atomic mass is 32.1. The smallest absolute Gasteiger partial charge is 0.418 e. The predicted octanol–water partition coefficient (Wildman–Crippen LogP) is 8.39. The second kappa shape index (κ2) is 27.3. The normalized spacial score (nSPS) is 16.8. The lowest BCUT2D eigenvalue weighted by Crippen LogP contribution is -2.55. The summed E-state index contributed by atoms with van der Waals surface area (Å²) in [6, 6.07) is 16.7. The van der Waals surface area contributed by atoms with Crippen molar-refractivity contribution in [1.29, 1.82) is 0 Å². The van der Waals surface area contributed by atoms with Gasteiger partial charge in [-0.3, -0.25) is 19.4 Å². The highest BCUT2D eigenvalue weighted by molar-refractivity contribution is 7.10. The summed E-state index contributed by atoms with van der Waals surface area (Å²) >= 11 is 1.38. The SMILES string of the molecule is CN[C@@H](C)C(=O)N[C@H](C(=O)N1CCC[C@H]1c1nc(C(=O)c2cccc(OCCOCCOCCOCCOc3ccc(CC(C(C)=Nc4ccc(N)c(C(F)(F)F)c4)=C(C)N)cc3)c2)cs1)C1CCCCC1. The van der Waals surface area contributed by atoms with Crippen molar-refractivity contribution >= 4 is 46.0 Å². The lowest BCUT2D eigenvalue weighted by atomic mass is 9.83. The number of likely N-dealkylation sites (N-methyl/N-ethyl adjacent to an activating group) is 1. The number of nitrogens with two attached hydrogens (primary N) is 2. The zero-order valence-corrected chi connectivity index (χ0v) is 42.4. The molecule has 1 saturated heterocycles. The van der Waals surface area contributed by atoms with Crippen LogP contribution in [0.15, 0.2) is 88.4 Å². The van der Waals surface area contributed by atoms with Gasteiger partial charge in [-0.05, 0) is 113 Å². The van der Waals surface area contributed by atoms with Crippen molar-refractivity contribution in [2.75, 3.05) is 72.2 Å². The van der Waals surface area contributed by atoms with Gasteiger partial charge in [0.15, 0.2) is 0 Å². The number of nitrogens with zero attached hydrogens (tertiary/aromatic N) is 3. The average molecular weight is 1020 g/mol. The number of likely N-dealkylation sites (tertiary alicyclic amines) is 1. The number of hydrogen-bond donors (Lipinski definition) is 4. The van der Waals surface area contributed by atoms with Crippen LogP contribution in [0.5, 0.6) is 11.5 Å². The molecule has 1 aliphatic heterocycles. The Morgan fingerprint density at radius 2 is 1.50 bits per heavy atom. The highest BCUT2D eigenvalue weighted by Crippen LogP contribution is 2.38. The van der Waals surface area contributed by atoms with E-state index >= 15 is 0 Å². The van der Waals surface area contributed by atoms with Crippen LogP contribution in [0.25, 0.3) is 0 Å². The fourth-order valence-electron chi connectivity index (χ4n) is 8.70. The number of carbonyl (C=O) groups is 3. The number of anilines is 1. The molecule has 6 rings (SSSR count). The molecule has 0 spiro atoms. The Morgan fingerprint density at radius 1 is 0.847 bits per heavy atom. The number of nitrogen functional groups attached to an aromatic ring is 1. The zero-order valence-electron chi connectivity index (χ0n) is 41.6. The molecule has 0 unspecified atom stereocenters. The molecule has 2 fully saturated rings. The molecule has 2 aliphatic rings. The van der Waals surface area contributed by atoms with Crippen molar-refractivity contribution in [3.63, 3.8) is 0 Å². The minimum absolute atomic E-state index is 0.0702. The number of benzene rings is 3. The molecule has 0 radical (unpaired) electrons. The molecule has 3 aromatic carbocycles. The van der Waals surface area contributed by atoms with Gasteiger partial charge in [0.2, 0.25) is 17.6 Å². The molecule has 19 heteroatoms. The second-order valence-corrected chi connectivity index (χ2v) is 18.9.